The molecule has 0 aliphatic carbocycles. The Morgan fingerprint density at radius 1 is 0.838 bits per heavy atom. The average Bonchev–Trinajstić information content (AvgIpc) is 2.86. The van der Waals surface area contributed by atoms with Crippen LogP contribution in [0.3, 0.4) is 0 Å². The lowest BCUT2D eigenvalue weighted by Gasteiger charge is -2.26. The molecule has 0 saturated carbocycles. The Morgan fingerprint density at radius 2 is 1.30 bits per heavy atom. The van der Waals surface area contributed by atoms with Gasteiger partial charge in [-0.25, -0.2) is 4.79 Å². The smallest absolute Gasteiger partial charge is 0.455 e. The van der Waals surface area contributed by atoms with Crippen LogP contribution in [0.4, 0.5) is 0 Å². The predicted molar refractivity (Wildman–Crippen MR) is 158 cm³/mol. The summed E-state index contributed by atoms with van der Waals surface area (Å²) in [5.74, 6) is -0.554. The summed E-state index contributed by atoms with van der Waals surface area (Å²) in [6.07, 6.45) is 20.3. The molecule has 0 aromatic heterocycles. The molecule has 0 aliphatic rings. The van der Waals surface area contributed by atoms with Crippen LogP contribution in [-0.2, 0) is 23.6 Å². The molecule has 8 heteroatoms. The molecule has 0 amide bonds. The summed E-state index contributed by atoms with van der Waals surface area (Å²) in [5, 5.41) is 10.5. The van der Waals surface area contributed by atoms with E-state index in [0.29, 0.717) is 12.3 Å². The minimum Gasteiger partial charge on any atom is -0.455 e. The zero-order valence-corrected chi connectivity index (χ0v) is 26.4. The zero-order valence-electron chi connectivity index (χ0n) is 24.5. The van der Waals surface area contributed by atoms with Gasteiger partial charge in [0.05, 0.1) is 6.10 Å². The molecule has 0 spiro atoms. The largest absolute Gasteiger partial charge is 0.472 e. The summed E-state index contributed by atoms with van der Waals surface area (Å²) in [6.45, 7) is 9.62. The number of aliphatic hydroxyl groups is 1. The van der Waals surface area contributed by atoms with Crippen LogP contribution in [0.25, 0.3) is 0 Å². The van der Waals surface area contributed by atoms with Crippen LogP contribution < -0.4 is 0 Å². The summed E-state index contributed by atoms with van der Waals surface area (Å²) in [5.41, 5.74) is -2.93. The minimum atomic E-state index is -2.53. The first-order chi connectivity index (χ1) is 17.7. The highest BCUT2D eigenvalue weighted by Gasteiger charge is 2.52. The Morgan fingerprint density at radius 3 is 1.70 bits per heavy atom. The Balaban J connectivity index is 4.73. The Kier molecular flexibility index (Phi) is 23.5. The average molecular weight is 566 g/mol. The molecule has 0 aromatic rings. The molecule has 0 saturated heterocycles. The van der Waals surface area contributed by atoms with Gasteiger partial charge in [0, 0.05) is 0 Å². The van der Waals surface area contributed by atoms with E-state index < -0.39 is 37.8 Å². The maximum absolute atomic E-state index is 12.2. The van der Waals surface area contributed by atoms with Gasteiger partial charge in [-0.1, -0.05) is 128 Å². The minimum absolute atomic E-state index is 0.374. The highest BCUT2D eigenvalue weighted by Crippen LogP contribution is 2.30. The number of ether oxygens (including phenoxy) is 3. The number of thiol groups is 1. The number of hydrogen-bond acceptors (Lipinski definition) is 7. The summed E-state index contributed by atoms with van der Waals surface area (Å²) >= 11 is 4.67. The zero-order chi connectivity index (χ0) is 27.9. The van der Waals surface area contributed by atoms with Crippen molar-refractivity contribution in [2.24, 2.45) is 5.92 Å². The maximum Gasteiger partial charge on any atom is 0.472 e. The molecule has 6 nitrogen and oxygen atoms in total. The summed E-state index contributed by atoms with van der Waals surface area (Å²) in [7, 11) is -1.43. The first kappa shape index (κ1) is 36.8. The van der Waals surface area contributed by atoms with Gasteiger partial charge in [-0.15, -0.1) is 12.6 Å². The quantitative estimate of drug-likeness (QED) is 0.0358. The predicted octanol–water partition coefficient (Wildman–Crippen LogP) is 8.92. The van der Waals surface area contributed by atoms with E-state index in [1.165, 1.54) is 89.9 Å². The summed E-state index contributed by atoms with van der Waals surface area (Å²) in [6, 6.07) is 0. The van der Waals surface area contributed by atoms with Crippen LogP contribution in [0.15, 0.2) is 0 Å². The standard InChI is InChI=1S/C29H57O6PS/c1-6-9-11-13-14-15-16-18-20-22-25(21-19-17-12-10-7-2)23-27(37)34-26(8-3)35-29(31,36-32)28(30)33-24(4)5/h24-27,31,37H,6-23H2,1-5H3/p+1. The van der Waals surface area contributed by atoms with E-state index in [4.69, 9.17) is 14.2 Å². The SMILES string of the molecule is CCCCCCCCCCCC(CCCCCCC)CC(S)OC(CC)OC(O)([PH+]=O)C(=O)OC(C)C. The molecule has 220 valence electrons. The third-order valence-corrected chi connectivity index (χ3v) is 7.60. The molecule has 0 fully saturated rings. The van der Waals surface area contributed by atoms with Gasteiger partial charge in [0.2, 0.25) is 0 Å². The topological polar surface area (TPSA) is 82.1 Å². The van der Waals surface area contributed by atoms with Gasteiger partial charge in [0.15, 0.2) is 6.29 Å². The molecule has 37 heavy (non-hydrogen) atoms. The first-order valence-corrected chi connectivity index (χ1v) is 16.5. The van der Waals surface area contributed by atoms with Crippen LogP contribution in [-0.4, -0.2) is 34.4 Å². The van der Waals surface area contributed by atoms with E-state index in [-0.39, 0.29) is 0 Å². The van der Waals surface area contributed by atoms with Crippen molar-refractivity contribution >= 4 is 27.1 Å². The third kappa shape index (κ3) is 19.5. The van der Waals surface area contributed by atoms with Gasteiger partial charge in [0.25, 0.3) is 0 Å². The van der Waals surface area contributed by atoms with E-state index >= 15 is 0 Å². The van der Waals surface area contributed by atoms with Crippen molar-refractivity contribution in [1.29, 1.82) is 0 Å². The highest BCUT2D eigenvalue weighted by molar-refractivity contribution is 7.80. The summed E-state index contributed by atoms with van der Waals surface area (Å²) < 4.78 is 28.0. The molecule has 1 N–H and O–H groups in total. The second-order valence-corrected chi connectivity index (χ2v) is 12.1. The second kappa shape index (κ2) is 23.7. The van der Waals surface area contributed by atoms with Crippen molar-refractivity contribution < 1.29 is 28.7 Å². The van der Waals surface area contributed by atoms with Gasteiger partial charge >= 0.3 is 20.0 Å². The van der Waals surface area contributed by atoms with Crippen molar-refractivity contribution in [3.8, 4) is 0 Å². The number of rotatable bonds is 26. The maximum atomic E-state index is 12.2. The molecule has 0 aliphatic heterocycles. The number of esters is 1. The lowest BCUT2D eigenvalue weighted by Crippen LogP contribution is -2.42. The van der Waals surface area contributed by atoms with Gasteiger partial charge in [-0.2, -0.15) is 0 Å². The van der Waals surface area contributed by atoms with Crippen LogP contribution in [0.1, 0.15) is 150 Å². The Hall–Kier alpha value is -0.200. The van der Waals surface area contributed by atoms with Gasteiger partial charge in [-0.3, -0.25) is 4.74 Å². The van der Waals surface area contributed by atoms with Crippen molar-refractivity contribution in [3.63, 3.8) is 0 Å². The molecular formula is C29H58O6PS+. The van der Waals surface area contributed by atoms with Gasteiger partial charge in [-0.05, 0) is 32.6 Å². The van der Waals surface area contributed by atoms with E-state index in [9.17, 15) is 14.5 Å². The molecule has 0 rings (SSSR count). The fourth-order valence-electron chi connectivity index (χ4n) is 4.48. The van der Waals surface area contributed by atoms with Crippen LogP contribution >= 0.6 is 21.1 Å². The molecular weight excluding hydrogens is 507 g/mol. The van der Waals surface area contributed by atoms with E-state index in [1.54, 1.807) is 13.8 Å². The van der Waals surface area contributed by atoms with E-state index in [1.807, 2.05) is 6.92 Å². The highest BCUT2D eigenvalue weighted by atomic mass is 32.1. The number of carbonyl (C=O) groups is 1. The van der Waals surface area contributed by atoms with Crippen molar-refractivity contribution in [2.75, 3.05) is 0 Å². The molecule has 0 aromatic carbocycles. The lowest BCUT2D eigenvalue weighted by atomic mass is 9.91. The van der Waals surface area contributed by atoms with Crippen LogP contribution in [0, 0.1) is 5.92 Å². The number of unbranched alkanes of at least 4 members (excludes halogenated alkanes) is 12. The van der Waals surface area contributed by atoms with Crippen molar-refractivity contribution in [3.05, 3.63) is 0 Å². The van der Waals surface area contributed by atoms with Crippen LogP contribution in [0.2, 0.25) is 0 Å². The molecule has 0 bridgehead atoms. The number of hydrogen-bond donors (Lipinski definition) is 2. The normalized spacial score (nSPS) is 16.0. The first-order valence-electron chi connectivity index (χ1n) is 15.1. The third-order valence-electron chi connectivity index (χ3n) is 6.67. The molecule has 5 atom stereocenters. The van der Waals surface area contributed by atoms with Gasteiger partial charge < -0.3 is 14.6 Å². The van der Waals surface area contributed by atoms with Crippen LogP contribution in [0.5, 0.6) is 0 Å². The molecule has 5 unspecified atom stereocenters. The van der Waals surface area contributed by atoms with E-state index in [2.05, 4.69) is 26.5 Å². The van der Waals surface area contributed by atoms with Gasteiger partial charge in [0.1, 0.15) is 5.44 Å². The molecule has 0 heterocycles. The fourth-order valence-corrected chi connectivity index (χ4v) is 5.24. The monoisotopic (exact) mass is 565 g/mol. The fraction of sp³-hybridized carbons (Fsp3) is 0.966. The van der Waals surface area contributed by atoms with Crippen molar-refractivity contribution in [1.82, 2.24) is 0 Å². The van der Waals surface area contributed by atoms with E-state index in [0.717, 1.165) is 19.3 Å². The van der Waals surface area contributed by atoms with Crippen molar-refractivity contribution in [2.45, 2.75) is 174 Å². The Bertz CT molecular complexity index is 565. The Labute approximate surface area is 235 Å². The second-order valence-electron chi connectivity index (χ2n) is 10.7. The lowest BCUT2D eigenvalue weighted by molar-refractivity contribution is -0.260. The molecule has 0 radical (unpaired) electrons. The summed E-state index contributed by atoms with van der Waals surface area (Å²) in [4.78, 5) is 12.2. The number of carbonyl (C=O) groups excluding carboxylic acids is 1.